The number of nitrogens with zero attached hydrogens (tertiary/aromatic N) is 5. The van der Waals surface area contributed by atoms with Gasteiger partial charge in [0.2, 0.25) is 17.9 Å². The third-order valence-corrected chi connectivity index (χ3v) is 7.16. The zero-order valence-corrected chi connectivity index (χ0v) is 20.2. The average Bonchev–Trinajstić information content (AvgIpc) is 3.31. The highest BCUT2D eigenvalue weighted by Crippen LogP contribution is 2.41. The van der Waals surface area contributed by atoms with Crippen LogP contribution in [0.5, 0.6) is 5.88 Å². The number of benzene rings is 1. The lowest BCUT2D eigenvalue weighted by Crippen LogP contribution is -2.41. The predicted molar refractivity (Wildman–Crippen MR) is 131 cm³/mol. The summed E-state index contributed by atoms with van der Waals surface area (Å²) < 4.78 is 47.5. The van der Waals surface area contributed by atoms with E-state index in [1.165, 1.54) is 24.5 Å². The molecule has 0 aliphatic carbocycles. The van der Waals surface area contributed by atoms with Crippen LogP contribution in [-0.2, 0) is 4.79 Å². The normalized spacial score (nSPS) is 19.9. The van der Waals surface area contributed by atoms with E-state index in [2.05, 4.69) is 25.3 Å². The number of nitrogen functional groups attached to an aromatic ring is 1. The van der Waals surface area contributed by atoms with Crippen molar-refractivity contribution < 1.29 is 27.8 Å². The molecule has 2 saturated heterocycles. The molecule has 0 unspecified atom stereocenters. The van der Waals surface area contributed by atoms with Gasteiger partial charge in [0, 0.05) is 49.2 Å². The fourth-order valence-corrected chi connectivity index (χ4v) is 5.08. The number of rotatable bonds is 6. The zero-order valence-electron chi connectivity index (χ0n) is 20.2. The summed E-state index contributed by atoms with van der Waals surface area (Å²) in [5, 5.41) is 12.3. The summed E-state index contributed by atoms with van der Waals surface area (Å²) >= 11 is 0. The van der Waals surface area contributed by atoms with E-state index in [0.29, 0.717) is 55.8 Å². The summed E-state index contributed by atoms with van der Waals surface area (Å²) in [5.74, 6) is -0.989. The molecule has 4 heterocycles. The number of hydrogen-bond donors (Lipinski definition) is 3. The van der Waals surface area contributed by atoms with Gasteiger partial charge in [-0.3, -0.25) is 4.79 Å². The maximum absolute atomic E-state index is 14.1. The molecule has 13 heteroatoms. The summed E-state index contributed by atoms with van der Waals surface area (Å²) in [6.07, 6.45) is -0.502. The molecule has 4 N–H and O–H groups in total. The highest BCUT2D eigenvalue weighted by molar-refractivity contribution is 5.74. The molecular weight excluding hydrogens is 503 g/mol. The molecule has 0 saturated carbocycles. The molecule has 0 amide bonds. The number of carboxylic acids is 1. The topological polar surface area (TPSA) is 139 Å². The second-order valence-electron chi connectivity index (χ2n) is 9.67. The van der Waals surface area contributed by atoms with Crippen LogP contribution < -0.4 is 20.7 Å². The first kappa shape index (κ1) is 25.6. The Balaban J connectivity index is 1.32. The van der Waals surface area contributed by atoms with Gasteiger partial charge in [0.1, 0.15) is 18.2 Å². The number of piperidine rings is 1. The highest BCUT2D eigenvalue weighted by atomic mass is 19.4. The molecule has 200 valence electrons. The number of aliphatic carboxylic acids is 1. The van der Waals surface area contributed by atoms with E-state index in [0.717, 1.165) is 0 Å². The molecule has 2 atom stereocenters. The van der Waals surface area contributed by atoms with Crippen molar-refractivity contribution >= 4 is 17.7 Å². The van der Waals surface area contributed by atoms with Crippen LogP contribution in [0.4, 0.5) is 24.9 Å². The number of alkyl halides is 3. The van der Waals surface area contributed by atoms with Gasteiger partial charge in [-0.05, 0) is 30.2 Å². The molecule has 5 rings (SSSR count). The SMILES string of the molecule is Nc1nc(O[C@H](c2ccc(-c3cncnc3)cc2)C(F)(F)F)cc(N2CCC3(CC2)CN[C@H](C(=O)O)C3)n1. The minimum absolute atomic E-state index is 0.0986. The van der Waals surface area contributed by atoms with E-state index < -0.39 is 24.3 Å². The van der Waals surface area contributed by atoms with Gasteiger partial charge < -0.3 is 25.8 Å². The molecule has 1 aromatic carbocycles. The van der Waals surface area contributed by atoms with Crippen molar-refractivity contribution in [2.75, 3.05) is 30.3 Å². The number of nitrogens with two attached hydrogens (primary N) is 1. The number of carboxylic acid groups (broad SMARTS) is 1. The van der Waals surface area contributed by atoms with Gasteiger partial charge in [-0.15, -0.1) is 0 Å². The Morgan fingerprint density at radius 1 is 1.13 bits per heavy atom. The Kier molecular flexibility index (Phi) is 6.78. The first-order chi connectivity index (χ1) is 18.1. The van der Waals surface area contributed by atoms with E-state index >= 15 is 0 Å². The molecule has 2 aromatic heterocycles. The van der Waals surface area contributed by atoms with Crippen molar-refractivity contribution in [2.24, 2.45) is 5.41 Å². The molecule has 2 fully saturated rings. The molecule has 3 aromatic rings. The smallest absolute Gasteiger partial charge is 0.429 e. The van der Waals surface area contributed by atoms with Crippen molar-refractivity contribution in [1.82, 2.24) is 25.3 Å². The van der Waals surface area contributed by atoms with E-state index in [1.54, 1.807) is 24.5 Å². The van der Waals surface area contributed by atoms with Gasteiger partial charge in [-0.2, -0.15) is 23.1 Å². The molecule has 10 nitrogen and oxygen atoms in total. The quantitative estimate of drug-likeness (QED) is 0.436. The second kappa shape index (κ2) is 10.0. The number of hydrogen-bond acceptors (Lipinski definition) is 9. The largest absolute Gasteiger partial charge is 0.480 e. The van der Waals surface area contributed by atoms with Gasteiger partial charge in [0.05, 0.1) is 0 Å². The Labute approximate surface area is 216 Å². The summed E-state index contributed by atoms with van der Waals surface area (Å²) in [6, 6.07) is 6.58. The zero-order chi connectivity index (χ0) is 26.9. The van der Waals surface area contributed by atoms with Gasteiger partial charge in [-0.25, -0.2) is 9.97 Å². The molecule has 1 spiro atoms. The fourth-order valence-electron chi connectivity index (χ4n) is 5.08. The van der Waals surface area contributed by atoms with Crippen molar-refractivity contribution in [3.63, 3.8) is 0 Å². The van der Waals surface area contributed by atoms with Crippen LogP contribution in [0, 0.1) is 5.41 Å². The van der Waals surface area contributed by atoms with Crippen LogP contribution in [0.25, 0.3) is 11.1 Å². The molecule has 0 radical (unpaired) electrons. The summed E-state index contributed by atoms with van der Waals surface area (Å²) in [4.78, 5) is 29.2. The van der Waals surface area contributed by atoms with Crippen molar-refractivity contribution in [2.45, 2.75) is 37.6 Å². The lowest BCUT2D eigenvalue weighted by molar-refractivity contribution is -0.198. The standard InChI is InChI=1S/C25H26F3N7O3/c26-25(27,28)21(16-3-1-15(2-4-16)17-11-30-14-31-12-17)38-20-9-19(33-23(29)34-20)35-7-5-24(6-8-35)10-18(22(36)37)32-13-24/h1-4,9,11-12,14,18,21,32H,5-8,10,13H2,(H,36,37)(H2,29,33,34)/t18-,21+/m0/s1. The van der Waals surface area contributed by atoms with Gasteiger partial charge in [0.25, 0.3) is 0 Å². The van der Waals surface area contributed by atoms with Crippen molar-refractivity contribution in [3.05, 3.63) is 54.6 Å². The number of carbonyl (C=O) groups is 1. The van der Waals surface area contributed by atoms with Crippen LogP contribution >= 0.6 is 0 Å². The van der Waals surface area contributed by atoms with Crippen molar-refractivity contribution in [3.8, 4) is 17.0 Å². The first-order valence-corrected chi connectivity index (χ1v) is 12.1. The van der Waals surface area contributed by atoms with E-state index in [9.17, 15) is 23.1 Å². The van der Waals surface area contributed by atoms with Crippen molar-refractivity contribution in [1.29, 1.82) is 0 Å². The summed E-state index contributed by atoms with van der Waals surface area (Å²) in [5.41, 5.74) is 6.96. The highest BCUT2D eigenvalue weighted by Gasteiger charge is 2.45. The van der Waals surface area contributed by atoms with Gasteiger partial charge in [0.15, 0.2) is 0 Å². The van der Waals surface area contributed by atoms with Gasteiger partial charge in [-0.1, -0.05) is 24.3 Å². The maximum atomic E-state index is 14.1. The lowest BCUT2D eigenvalue weighted by atomic mass is 9.76. The molecular formula is C25H26F3N7O3. The van der Waals surface area contributed by atoms with Crippen LogP contribution in [0.15, 0.2) is 49.1 Å². The molecule has 2 aliphatic rings. The third kappa shape index (κ3) is 5.47. The van der Waals surface area contributed by atoms with E-state index in [-0.39, 0.29) is 22.8 Å². The minimum Gasteiger partial charge on any atom is -0.480 e. The summed E-state index contributed by atoms with van der Waals surface area (Å²) in [7, 11) is 0. The van der Waals surface area contributed by atoms with Gasteiger partial charge >= 0.3 is 12.1 Å². The average molecular weight is 530 g/mol. The number of ether oxygens (including phenoxy) is 1. The van der Waals surface area contributed by atoms with Crippen LogP contribution in [0.2, 0.25) is 0 Å². The predicted octanol–water partition coefficient (Wildman–Crippen LogP) is 3.23. The van der Waals surface area contributed by atoms with E-state index in [1.807, 2.05) is 4.90 Å². The number of halogens is 3. The van der Waals surface area contributed by atoms with Crippen LogP contribution in [0.3, 0.4) is 0 Å². The Hall–Kier alpha value is -4.00. The summed E-state index contributed by atoms with van der Waals surface area (Å²) in [6.45, 7) is 1.72. The van der Waals surface area contributed by atoms with Crippen LogP contribution in [0.1, 0.15) is 30.9 Å². The monoisotopic (exact) mass is 529 g/mol. The first-order valence-electron chi connectivity index (χ1n) is 12.1. The third-order valence-electron chi connectivity index (χ3n) is 7.16. The van der Waals surface area contributed by atoms with E-state index in [4.69, 9.17) is 10.5 Å². The Bertz CT molecular complexity index is 1280. The maximum Gasteiger partial charge on any atom is 0.429 e. The number of aromatic nitrogens is 4. The van der Waals surface area contributed by atoms with Crippen LogP contribution in [-0.4, -0.2) is 62.9 Å². The Morgan fingerprint density at radius 2 is 1.82 bits per heavy atom. The second-order valence-corrected chi connectivity index (χ2v) is 9.67. The number of nitrogens with one attached hydrogen (secondary N) is 1. The Morgan fingerprint density at radius 3 is 2.42 bits per heavy atom. The lowest BCUT2D eigenvalue weighted by Gasteiger charge is -2.39. The minimum atomic E-state index is -4.72. The molecule has 38 heavy (non-hydrogen) atoms. The molecule has 2 aliphatic heterocycles. The molecule has 0 bridgehead atoms. The fraction of sp³-hybridized carbons (Fsp3) is 0.400. The number of anilines is 2.